The second kappa shape index (κ2) is 5.87. The molecule has 106 valence electrons. The lowest BCUT2D eigenvalue weighted by Crippen LogP contribution is -2.17. The number of ketones is 1. The molecule has 0 unspecified atom stereocenters. The summed E-state index contributed by atoms with van der Waals surface area (Å²) in [6.07, 6.45) is 0. The van der Waals surface area contributed by atoms with Crippen molar-refractivity contribution in [3.8, 4) is 17.2 Å². The first-order valence-corrected chi connectivity index (χ1v) is 6.46. The Bertz CT molecular complexity index is 552. The van der Waals surface area contributed by atoms with Gasteiger partial charge in [0.05, 0.1) is 14.2 Å². The monoisotopic (exact) mass is 292 g/mol. The third kappa shape index (κ3) is 3.56. The second-order valence-corrected chi connectivity index (χ2v) is 4.98. The minimum Gasteiger partial charge on any atom is -0.502 e. The van der Waals surface area contributed by atoms with Crippen molar-refractivity contribution in [1.29, 1.82) is 0 Å². The largest absolute Gasteiger partial charge is 0.502 e. The van der Waals surface area contributed by atoms with Crippen LogP contribution in [0.4, 0.5) is 0 Å². The van der Waals surface area contributed by atoms with Crippen molar-refractivity contribution in [2.24, 2.45) is 0 Å². The Morgan fingerprint density at radius 1 is 1.21 bits per heavy atom. The molecule has 0 amide bonds. The molecule has 1 aromatic carbocycles. The maximum Gasteiger partial charge on any atom is 0.300 e. The topological polar surface area (TPSA) is 119 Å². The molecular formula is C10H12O8S. The molecule has 0 aliphatic carbocycles. The average Bonchev–Trinajstić information content (AvgIpc) is 2.38. The molecule has 0 saturated carbocycles. The van der Waals surface area contributed by atoms with E-state index in [-0.39, 0.29) is 22.8 Å². The first-order valence-electron chi connectivity index (χ1n) is 4.88. The van der Waals surface area contributed by atoms with Crippen LogP contribution in [-0.4, -0.2) is 44.5 Å². The highest BCUT2D eigenvalue weighted by molar-refractivity contribution is 7.87. The minimum atomic E-state index is -4.35. The van der Waals surface area contributed by atoms with E-state index in [2.05, 4.69) is 4.33 Å². The SMILES string of the molecule is COc1cc(C(=O)CS(=O)(=O)OO)cc(OC)c1O. The van der Waals surface area contributed by atoms with Crippen molar-refractivity contribution >= 4 is 15.9 Å². The first-order chi connectivity index (χ1) is 8.84. The average molecular weight is 292 g/mol. The zero-order valence-corrected chi connectivity index (χ0v) is 10.9. The molecule has 2 N–H and O–H groups in total. The standard InChI is InChI=1S/C10H12O8S/c1-16-8-3-6(4-9(17-2)10(8)12)7(11)5-19(14,15)18-13/h3-4,12-13H,5H2,1-2H3. The molecule has 0 aliphatic rings. The Labute approximate surface area is 109 Å². The molecule has 0 aromatic heterocycles. The van der Waals surface area contributed by atoms with Crippen LogP contribution in [0.15, 0.2) is 12.1 Å². The van der Waals surface area contributed by atoms with Gasteiger partial charge in [0.2, 0.25) is 5.75 Å². The molecule has 0 bridgehead atoms. The Balaban J connectivity index is 3.17. The maximum absolute atomic E-state index is 11.7. The van der Waals surface area contributed by atoms with Gasteiger partial charge in [-0.15, -0.1) is 4.33 Å². The number of phenols is 1. The van der Waals surface area contributed by atoms with Gasteiger partial charge in [0.15, 0.2) is 17.3 Å². The summed E-state index contributed by atoms with van der Waals surface area (Å²) < 4.78 is 34.8. The number of rotatable bonds is 6. The number of phenolic OH excluding ortho intramolecular Hbond substituents is 1. The Morgan fingerprint density at radius 3 is 2.05 bits per heavy atom. The first kappa shape index (κ1) is 15.2. The number of methoxy groups -OCH3 is 2. The summed E-state index contributed by atoms with van der Waals surface area (Å²) in [5, 5.41) is 17.7. The van der Waals surface area contributed by atoms with Gasteiger partial charge >= 0.3 is 10.1 Å². The molecule has 0 spiro atoms. The van der Waals surface area contributed by atoms with E-state index in [0.717, 1.165) is 12.1 Å². The highest BCUT2D eigenvalue weighted by Crippen LogP contribution is 2.37. The van der Waals surface area contributed by atoms with Crippen LogP contribution in [0, 0.1) is 0 Å². The van der Waals surface area contributed by atoms with Crippen LogP contribution >= 0.6 is 0 Å². The van der Waals surface area contributed by atoms with Gasteiger partial charge in [-0.2, -0.15) is 8.42 Å². The van der Waals surface area contributed by atoms with Crippen molar-refractivity contribution in [1.82, 2.24) is 0 Å². The summed E-state index contributed by atoms with van der Waals surface area (Å²) in [5.41, 5.74) is -0.0767. The highest BCUT2D eigenvalue weighted by Gasteiger charge is 2.21. The molecule has 0 aliphatic heterocycles. The Kier molecular flexibility index (Phi) is 4.70. The number of Topliss-reactive ketones (excluding diaryl/α,β-unsaturated/α-hetero) is 1. The number of benzene rings is 1. The highest BCUT2D eigenvalue weighted by atomic mass is 32.2. The molecule has 0 radical (unpaired) electrons. The van der Waals surface area contributed by atoms with E-state index in [9.17, 15) is 18.3 Å². The van der Waals surface area contributed by atoms with Crippen molar-refractivity contribution in [3.05, 3.63) is 17.7 Å². The lowest BCUT2D eigenvalue weighted by molar-refractivity contribution is -0.130. The van der Waals surface area contributed by atoms with Crippen molar-refractivity contribution < 1.29 is 37.4 Å². The fraction of sp³-hybridized carbons (Fsp3) is 0.300. The molecule has 0 fully saturated rings. The molecular weight excluding hydrogens is 280 g/mol. The van der Waals surface area contributed by atoms with E-state index >= 15 is 0 Å². The number of carbonyl (C=O) groups is 1. The number of hydrogen-bond acceptors (Lipinski definition) is 8. The smallest absolute Gasteiger partial charge is 0.300 e. The van der Waals surface area contributed by atoms with Crippen molar-refractivity contribution in [2.75, 3.05) is 20.0 Å². The zero-order valence-electron chi connectivity index (χ0n) is 10.1. The summed E-state index contributed by atoms with van der Waals surface area (Å²) in [4.78, 5) is 11.7. The summed E-state index contributed by atoms with van der Waals surface area (Å²) >= 11 is 0. The van der Waals surface area contributed by atoms with Crippen LogP contribution in [0.3, 0.4) is 0 Å². The summed E-state index contributed by atoms with van der Waals surface area (Å²) in [5.74, 6) is -2.33. The van der Waals surface area contributed by atoms with Crippen LogP contribution in [0.2, 0.25) is 0 Å². The predicted molar refractivity (Wildman–Crippen MR) is 63.0 cm³/mol. The van der Waals surface area contributed by atoms with E-state index in [1.807, 2.05) is 0 Å². The third-order valence-corrected chi connectivity index (χ3v) is 3.07. The van der Waals surface area contributed by atoms with Gasteiger partial charge in [0.1, 0.15) is 5.75 Å². The van der Waals surface area contributed by atoms with E-state index in [1.165, 1.54) is 14.2 Å². The fourth-order valence-corrected chi connectivity index (χ4v) is 1.87. The minimum absolute atomic E-state index is 0.0509. The normalized spacial score (nSPS) is 11.1. The van der Waals surface area contributed by atoms with E-state index in [0.29, 0.717) is 0 Å². The van der Waals surface area contributed by atoms with Gasteiger partial charge in [0.25, 0.3) is 0 Å². The Hall–Kier alpha value is -1.84. The number of aromatic hydroxyl groups is 1. The Morgan fingerprint density at radius 2 is 1.68 bits per heavy atom. The van der Waals surface area contributed by atoms with E-state index in [4.69, 9.17) is 14.7 Å². The van der Waals surface area contributed by atoms with Gasteiger partial charge in [-0.25, -0.2) is 5.26 Å². The quantitative estimate of drug-likeness (QED) is 0.439. The second-order valence-electron chi connectivity index (χ2n) is 3.43. The van der Waals surface area contributed by atoms with Crippen molar-refractivity contribution in [3.63, 3.8) is 0 Å². The van der Waals surface area contributed by atoms with Gasteiger partial charge in [0, 0.05) is 5.56 Å². The molecule has 8 nitrogen and oxygen atoms in total. The van der Waals surface area contributed by atoms with Crippen LogP contribution < -0.4 is 9.47 Å². The van der Waals surface area contributed by atoms with Gasteiger partial charge in [-0.1, -0.05) is 0 Å². The summed E-state index contributed by atoms with van der Waals surface area (Å²) in [7, 11) is -1.83. The molecule has 9 heteroatoms. The van der Waals surface area contributed by atoms with Crippen molar-refractivity contribution in [2.45, 2.75) is 0 Å². The van der Waals surface area contributed by atoms with Gasteiger partial charge in [-0.3, -0.25) is 4.79 Å². The lowest BCUT2D eigenvalue weighted by atomic mass is 10.1. The van der Waals surface area contributed by atoms with Crippen LogP contribution in [-0.2, 0) is 14.5 Å². The molecule has 1 rings (SSSR count). The van der Waals surface area contributed by atoms with Gasteiger partial charge < -0.3 is 14.6 Å². The van der Waals surface area contributed by atoms with Gasteiger partial charge in [-0.05, 0) is 12.1 Å². The van der Waals surface area contributed by atoms with E-state index < -0.39 is 21.7 Å². The summed E-state index contributed by atoms with van der Waals surface area (Å²) in [6.45, 7) is 0. The van der Waals surface area contributed by atoms with Crippen LogP contribution in [0.5, 0.6) is 17.2 Å². The number of carbonyl (C=O) groups excluding carboxylic acids is 1. The maximum atomic E-state index is 11.7. The zero-order chi connectivity index (χ0) is 14.6. The molecule has 0 saturated heterocycles. The van der Waals surface area contributed by atoms with E-state index in [1.54, 1.807) is 0 Å². The molecule has 0 heterocycles. The number of hydrogen-bond donors (Lipinski definition) is 2. The lowest BCUT2D eigenvalue weighted by Gasteiger charge is -2.10. The molecule has 1 aromatic rings. The molecule has 19 heavy (non-hydrogen) atoms. The summed E-state index contributed by atoms with van der Waals surface area (Å²) in [6, 6.07) is 2.29. The van der Waals surface area contributed by atoms with Crippen LogP contribution in [0.25, 0.3) is 0 Å². The van der Waals surface area contributed by atoms with Crippen LogP contribution in [0.1, 0.15) is 10.4 Å². The molecule has 0 atom stereocenters. The fourth-order valence-electron chi connectivity index (χ4n) is 1.32. The number of ether oxygens (including phenoxy) is 2. The third-order valence-electron chi connectivity index (χ3n) is 2.22. The predicted octanol–water partition coefficient (Wildman–Crippen LogP) is 0.412.